The highest BCUT2D eigenvalue weighted by Crippen LogP contribution is 2.16. The Morgan fingerprint density at radius 3 is 1.44 bits per heavy atom. The first-order valence-corrected chi connectivity index (χ1v) is 6.07. The summed E-state index contributed by atoms with van der Waals surface area (Å²) < 4.78 is 0. The molecule has 2 aliphatic rings. The molecule has 0 aliphatic carbocycles. The minimum atomic E-state index is -0.243. The number of rotatable bonds is 0. The number of aliphatic hydroxyl groups is 2. The molecular formula is C11H20N2O3. The lowest BCUT2D eigenvalue weighted by Gasteiger charge is -2.37. The molecule has 2 aliphatic heterocycles. The van der Waals surface area contributed by atoms with Crippen LogP contribution in [0.3, 0.4) is 0 Å². The molecule has 0 atom stereocenters. The molecule has 0 radical (unpaired) electrons. The van der Waals surface area contributed by atoms with Gasteiger partial charge in [-0.15, -0.1) is 0 Å². The van der Waals surface area contributed by atoms with Gasteiger partial charge in [-0.1, -0.05) is 0 Å². The standard InChI is InChI=1S/C11H20N2O3/c14-9-1-5-12(6-2-9)11(16)13-7-3-10(15)4-8-13/h9-10,14-15H,1-8H2. The van der Waals surface area contributed by atoms with Gasteiger partial charge >= 0.3 is 6.03 Å². The van der Waals surface area contributed by atoms with Crippen molar-refractivity contribution in [3.05, 3.63) is 0 Å². The van der Waals surface area contributed by atoms with E-state index in [1.54, 1.807) is 0 Å². The van der Waals surface area contributed by atoms with Crippen LogP contribution in [0.2, 0.25) is 0 Å². The van der Waals surface area contributed by atoms with Gasteiger partial charge < -0.3 is 20.0 Å². The van der Waals surface area contributed by atoms with Gasteiger partial charge in [0.15, 0.2) is 0 Å². The zero-order valence-corrected chi connectivity index (χ0v) is 9.51. The summed E-state index contributed by atoms with van der Waals surface area (Å²) in [7, 11) is 0. The Kier molecular flexibility index (Phi) is 3.66. The predicted octanol–water partition coefficient (Wildman–Crippen LogP) is 0.0198. The smallest absolute Gasteiger partial charge is 0.320 e. The molecule has 0 aromatic carbocycles. The van der Waals surface area contributed by atoms with Crippen LogP contribution in [0.5, 0.6) is 0 Å². The Morgan fingerprint density at radius 2 is 1.12 bits per heavy atom. The molecular weight excluding hydrogens is 208 g/mol. The molecule has 0 aromatic rings. The summed E-state index contributed by atoms with van der Waals surface area (Å²) in [5.74, 6) is 0. The van der Waals surface area contributed by atoms with E-state index in [0.717, 1.165) is 0 Å². The number of amides is 2. The van der Waals surface area contributed by atoms with Crippen LogP contribution in [0.1, 0.15) is 25.7 Å². The maximum atomic E-state index is 12.1. The lowest BCUT2D eigenvalue weighted by molar-refractivity contribution is 0.0609. The fraction of sp³-hybridized carbons (Fsp3) is 0.909. The zero-order chi connectivity index (χ0) is 11.5. The van der Waals surface area contributed by atoms with Crippen molar-refractivity contribution in [2.45, 2.75) is 37.9 Å². The topological polar surface area (TPSA) is 64.0 Å². The van der Waals surface area contributed by atoms with Crippen molar-refractivity contribution in [2.24, 2.45) is 0 Å². The Balaban J connectivity index is 1.83. The van der Waals surface area contributed by atoms with Crippen molar-refractivity contribution >= 4 is 6.03 Å². The van der Waals surface area contributed by atoms with Gasteiger partial charge in [0.25, 0.3) is 0 Å². The van der Waals surface area contributed by atoms with Gasteiger partial charge in [-0.3, -0.25) is 0 Å². The van der Waals surface area contributed by atoms with Crippen molar-refractivity contribution in [1.82, 2.24) is 9.80 Å². The first kappa shape index (κ1) is 11.7. The number of likely N-dealkylation sites (tertiary alicyclic amines) is 2. The van der Waals surface area contributed by atoms with Crippen molar-refractivity contribution in [1.29, 1.82) is 0 Å². The molecule has 0 bridgehead atoms. The molecule has 0 saturated carbocycles. The largest absolute Gasteiger partial charge is 0.393 e. The van der Waals surface area contributed by atoms with E-state index in [2.05, 4.69) is 0 Å². The summed E-state index contributed by atoms with van der Waals surface area (Å²) in [6.07, 6.45) is 2.24. The van der Waals surface area contributed by atoms with E-state index >= 15 is 0 Å². The van der Waals surface area contributed by atoms with E-state index in [1.807, 2.05) is 9.80 Å². The summed E-state index contributed by atoms with van der Waals surface area (Å²) in [6.45, 7) is 2.61. The van der Waals surface area contributed by atoms with Crippen LogP contribution < -0.4 is 0 Å². The second-order valence-corrected chi connectivity index (χ2v) is 4.72. The number of hydrogen-bond donors (Lipinski definition) is 2. The number of piperidine rings is 2. The number of carbonyl (C=O) groups is 1. The third kappa shape index (κ3) is 2.65. The van der Waals surface area contributed by atoms with Gasteiger partial charge in [0.2, 0.25) is 0 Å². The van der Waals surface area contributed by atoms with E-state index in [1.165, 1.54) is 0 Å². The minimum Gasteiger partial charge on any atom is -0.393 e. The van der Waals surface area contributed by atoms with E-state index in [-0.39, 0.29) is 18.2 Å². The molecule has 5 heteroatoms. The molecule has 2 amide bonds. The molecule has 16 heavy (non-hydrogen) atoms. The molecule has 2 N–H and O–H groups in total. The molecule has 0 spiro atoms. The number of carbonyl (C=O) groups excluding carboxylic acids is 1. The number of nitrogens with zero attached hydrogens (tertiary/aromatic N) is 2. The Hall–Kier alpha value is -0.810. The van der Waals surface area contributed by atoms with E-state index in [0.29, 0.717) is 51.9 Å². The van der Waals surface area contributed by atoms with E-state index < -0.39 is 0 Å². The third-order valence-corrected chi connectivity index (χ3v) is 3.47. The van der Waals surface area contributed by atoms with Crippen LogP contribution in [0.25, 0.3) is 0 Å². The molecule has 2 rings (SSSR count). The third-order valence-electron chi connectivity index (χ3n) is 3.47. The Morgan fingerprint density at radius 1 is 0.812 bits per heavy atom. The second kappa shape index (κ2) is 5.01. The Bertz CT molecular complexity index is 220. The molecule has 2 saturated heterocycles. The number of hydrogen-bond acceptors (Lipinski definition) is 3. The van der Waals surface area contributed by atoms with E-state index in [9.17, 15) is 15.0 Å². The van der Waals surface area contributed by atoms with Crippen molar-refractivity contribution in [2.75, 3.05) is 26.2 Å². The maximum Gasteiger partial charge on any atom is 0.320 e. The SMILES string of the molecule is O=C(N1CCC(O)CC1)N1CCC(O)CC1. The van der Waals surface area contributed by atoms with Crippen molar-refractivity contribution in [3.63, 3.8) is 0 Å². The molecule has 2 fully saturated rings. The van der Waals surface area contributed by atoms with Crippen LogP contribution in [-0.4, -0.2) is 64.4 Å². The van der Waals surface area contributed by atoms with Crippen LogP contribution in [-0.2, 0) is 0 Å². The van der Waals surface area contributed by atoms with Crippen LogP contribution in [0.4, 0.5) is 4.79 Å². The second-order valence-electron chi connectivity index (χ2n) is 4.72. The Labute approximate surface area is 95.6 Å². The fourth-order valence-electron chi connectivity index (χ4n) is 2.31. The van der Waals surface area contributed by atoms with Crippen LogP contribution >= 0.6 is 0 Å². The summed E-state index contributed by atoms with van der Waals surface area (Å²) >= 11 is 0. The fourth-order valence-corrected chi connectivity index (χ4v) is 2.31. The highest BCUT2D eigenvalue weighted by Gasteiger charge is 2.27. The average Bonchev–Trinajstić information content (AvgIpc) is 2.30. The van der Waals surface area contributed by atoms with Crippen LogP contribution in [0.15, 0.2) is 0 Å². The van der Waals surface area contributed by atoms with Crippen molar-refractivity contribution < 1.29 is 15.0 Å². The highest BCUT2D eigenvalue weighted by atomic mass is 16.3. The van der Waals surface area contributed by atoms with E-state index in [4.69, 9.17) is 0 Å². The van der Waals surface area contributed by atoms with Gasteiger partial charge in [0.1, 0.15) is 0 Å². The van der Waals surface area contributed by atoms with Gasteiger partial charge in [-0.05, 0) is 25.7 Å². The first-order chi connectivity index (χ1) is 7.66. The highest BCUT2D eigenvalue weighted by molar-refractivity contribution is 5.74. The van der Waals surface area contributed by atoms with Gasteiger partial charge in [-0.25, -0.2) is 4.79 Å². The summed E-state index contributed by atoms with van der Waals surface area (Å²) in [5, 5.41) is 18.7. The molecule has 0 unspecified atom stereocenters. The lowest BCUT2D eigenvalue weighted by atomic mass is 10.1. The van der Waals surface area contributed by atoms with Gasteiger partial charge in [-0.2, -0.15) is 0 Å². The minimum absolute atomic E-state index is 0.0683. The summed E-state index contributed by atoms with van der Waals surface area (Å²) in [5.41, 5.74) is 0. The summed E-state index contributed by atoms with van der Waals surface area (Å²) in [4.78, 5) is 15.7. The lowest BCUT2D eigenvalue weighted by Crippen LogP contribution is -2.50. The predicted molar refractivity (Wildman–Crippen MR) is 59.0 cm³/mol. The summed E-state index contributed by atoms with van der Waals surface area (Å²) in [6, 6.07) is 0.0683. The quantitative estimate of drug-likeness (QED) is 0.614. The number of urea groups is 1. The van der Waals surface area contributed by atoms with Gasteiger partial charge in [0, 0.05) is 26.2 Å². The van der Waals surface area contributed by atoms with Crippen molar-refractivity contribution in [3.8, 4) is 0 Å². The monoisotopic (exact) mass is 228 g/mol. The average molecular weight is 228 g/mol. The zero-order valence-electron chi connectivity index (χ0n) is 9.51. The molecule has 5 nitrogen and oxygen atoms in total. The van der Waals surface area contributed by atoms with Gasteiger partial charge in [0.05, 0.1) is 12.2 Å². The normalized spacial score (nSPS) is 24.9. The molecule has 0 aromatic heterocycles. The number of aliphatic hydroxyl groups excluding tert-OH is 2. The maximum absolute atomic E-state index is 12.1. The first-order valence-electron chi connectivity index (χ1n) is 6.07. The van der Waals surface area contributed by atoms with Crippen LogP contribution in [0, 0.1) is 0 Å². The molecule has 2 heterocycles. The molecule has 92 valence electrons.